The lowest BCUT2D eigenvalue weighted by molar-refractivity contribution is -0.142. The van der Waals surface area contributed by atoms with Gasteiger partial charge in [-0.3, -0.25) is 4.79 Å². The molecule has 2 aliphatic carbocycles. The van der Waals surface area contributed by atoms with Gasteiger partial charge in [0.2, 0.25) is 0 Å². The second-order valence-electron chi connectivity index (χ2n) is 6.35. The van der Waals surface area contributed by atoms with Crippen LogP contribution in [0.2, 0.25) is 0 Å². The van der Waals surface area contributed by atoms with Crippen molar-refractivity contribution < 1.29 is 9.53 Å². The van der Waals surface area contributed by atoms with Gasteiger partial charge in [0.15, 0.2) is 5.78 Å². The maximum Gasteiger partial charge on any atom is 0.190 e. The first-order valence-electron chi connectivity index (χ1n) is 8.66. The number of hydrogen-bond donors (Lipinski definition) is 0. The SMILES string of the molecule is CCOC1(C(=O)C2=CCCCCCC2)CCCCCC1. The molecule has 0 N–H and O–H groups in total. The van der Waals surface area contributed by atoms with E-state index in [1.165, 1.54) is 38.5 Å². The third-order valence-corrected chi connectivity index (χ3v) is 4.83. The molecule has 0 radical (unpaired) electrons. The molecule has 2 heteroatoms. The van der Waals surface area contributed by atoms with E-state index in [0.29, 0.717) is 12.4 Å². The van der Waals surface area contributed by atoms with Crippen LogP contribution >= 0.6 is 0 Å². The molecule has 0 bridgehead atoms. The Kier molecular flexibility index (Phi) is 6.28. The van der Waals surface area contributed by atoms with E-state index >= 15 is 0 Å². The molecule has 1 fully saturated rings. The highest BCUT2D eigenvalue weighted by Gasteiger charge is 2.40. The molecule has 2 aliphatic rings. The first kappa shape index (κ1) is 15.8. The molecule has 114 valence electrons. The highest BCUT2D eigenvalue weighted by molar-refractivity contribution is 6.01. The van der Waals surface area contributed by atoms with E-state index in [4.69, 9.17) is 4.74 Å². The number of rotatable bonds is 4. The van der Waals surface area contributed by atoms with Gasteiger partial charge in [-0.2, -0.15) is 0 Å². The summed E-state index contributed by atoms with van der Waals surface area (Å²) in [5.41, 5.74) is 0.580. The van der Waals surface area contributed by atoms with Crippen molar-refractivity contribution >= 4 is 5.78 Å². The average Bonchev–Trinajstić information content (AvgIpc) is 2.65. The van der Waals surface area contributed by atoms with Crippen molar-refractivity contribution in [3.05, 3.63) is 11.6 Å². The summed E-state index contributed by atoms with van der Waals surface area (Å²) in [6.45, 7) is 2.67. The Morgan fingerprint density at radius 1 is 1.05 bits per heavy atom. The quantitative estimate of drug-likeness (QED) is 0.679. The average molecular weight is 278 g/mol. The van der Waals surface area contributed by atoms with Crippen LogP contribution in [0.4, 0.5) is 0 Å². The lowest BCUT2D eigenvalue weighted by atomic mass is 9.83. The summed E-state index contributed by atoms with van der Waals surface area (Å²) >= 11 is 0. The zero-order valence-electron chi connectivity index (χ0n) is 13.1. The molecular weight excluding hydrogens is 248 g/mol. The van der Waals surface area contributed by atoms with E-state index in [1.807, 2.05) is 6.92 Å². The minimum absolute atomic E-state index is 0.322. The molecule has 0 atom stereocenters. The topological polar surface area (TPSA) is 26.3 Å². The van der Waals surface area contributed by atoms with Gasteiger partial charge in [0.1, 0.15) is 5.60 Å². The number of carbonyl (C=O) groups excluding carboxylic acids is 1. The maximum atomic E-state index is 13.1. The Morgan fingerprint density at radius 2 is 1.70 bits per heavy atom. The lowest BCUT2D eigenvalue weighted by Crippen LogP contribution is -2.42. The predicted molar refractivity (Wildman–Crippen MR) is 82.9 cm³/mol. The summed E-state index contributed by atoms with van der Waals surface area (Å²) in [7, 11) is 0. The number of Topliss-reactive ketones (excluding diaryl/α,β-unsaturated/α-hetero) is 1. The summed E-state index contributed by atoms with van der Waals surface area (Å²) in [6.07, 6.45) is 15.9. The van der Waals surface area contributed by atoms with E-state index in [-0.39, 0.29) is 0 Å². The number of carbonyl (C=O) groups is 1. The Bertz CT molecular complexity index is 335. The largest absolute Gasteiger partial charge is 0.367 e. The molecule has 0 heterocycles. The van der Waals surface area contributed by atoms with E-state index < -0.39 is 5.60 Å². The second-order valence-corrected chi connectivity index (χ2v) is 6.35. The highest BCUT2D eigenvalue weighted by atomic mass is 16.5. The van der Waals surface area contributed by atoms with Crippen molar-refractivity contribution in [1.29, 1.82) is 0 Å². The Balaban J connectivity index is 2.15. The van der Waals surface area contributed by atoms with Gasteiger partial charge in [-0.1, -0.05) is 44.6 Å². The van der Waals surface area contributed by atoms with Gasteiger partial charge in [0, 0.05) is 6.61 Å². The van der Waals surface area contributed by atoms with Crippen molar-refractivity contribution in [1.82, 2.24) is 0 Å². The van der Waals surface area contributed by atoms with Crippen molar-refractivity contribution in [2.75, 3.05) is 6.61 Å². The molecule has 0 amide bonds. The van der Waals surface area contributed by atoms with E-state index in [9.17, 15) is 4.79 Å². The smallest absolute Gasteiger partial charge is 0.190 e. The molecule has 0 unspecified atom stereocenters. The summed E-state index contributed by atoms with van der Waals surface area (Å²) in [4.78, 5) is 13.1. The van der Waals surface area contributed by atoms with Crippen LogP contribution in [0.1, 0.15) is 84.0 Å². The van der Waals surface area contributed by atoms with Gasteiger partial charge in [0.25, 0.3) is 0 Å². The zero-order chi connectivity index (χ0) is 14.3. The van der Waals surface area contributed by atoms with Crippen LogP contribution in [0.25, 0.3) is 0 Å². The van der Waals surface area contributed by atoms with Crippen LogP contribution in [0.15, 0.2) is 11.6 Å². The second kappa shape index (κ2) is 7.97. The molecule has 0 aromatic heterocycles. The van der Waals surface area contributed by atoms with Gasteiger partial charge < -0.3 is 4.74 Å². The molecule has 0 aromatic carbocycles. The maximum absolute atomic E-state index is 13.1. The van der Waals surface area contributed by atoms with E-state index in [2.05, 4.69) is 6.08 Å². The number of ether oxygens (including phenoxy) is 1. The minimum atomic E-state index is -0.490. The van der Waals surface area contributed by atoms with Crippen LogP contribution < -0.4 is 0 Å². The Hall–Kier alpha value is -0.630. The zero-order valence-corrected chi connectivity index (χ0v) is 13.1. The molecule has 0 aliphatic heterocycles. The first-order valence-corrected chi connectivity index (χ1v) is 8.66. The van der Waals surface area contributed by atoms with Crippen LogP contribution in [0, 0.1) is 0 Å². The summed E-state index contributed by atoms with van der Waals surface area (Å²) < 4.78 is 6.05. The van der Waals surface area contributed by atoms with Crippen LogP contribution in [-0.2, 0) is 9.53 Å². The third kappa shape index (κ3) is 3.94. The molecule has 2 nitrogen and oxygen atoms in total. The lowest BCUT2D eigenvalue weighted by Gasteiger charge is -2.32. The Morgan fingerprint density at radius 3 is 2.40 bits per heavy atom. The van der Waals surface area contributed by atoms with Crippen LogP contribution in [0.5, 0.6) is 0 Å². The van der Waals surface area contributed by atoms with Gasteiger partial charge in [-0.05, 0) is 51.0 Å². The fourth-order valence-electron chi connectivity index (χ4n) is 3.70. The van der Waals surface area contributed by atoms with Crippen LogP contribution in [0.3, 0.4) is 0 Å². The third-order valence-electron chi connectivity index (χ3n) is 4.83. The molecule has 2 rings (SSSR count). The fraction of sp³-hybridized carbons (Fsp3) is 0.833. The van der Waals surface area contributed by atoms with E-state index in [1.54, 1.807) is 0 Å². The molecule has 0 saturated heterocycles. The molecule has 0 spiro atoms. The number of hydrogen-bond acceptors (Lipinski definition) is 2. The number of allylic oxidation sites excluding steroid dienone is 1. The van der Waals surface area contributed by atoms with Crippen LogP contribution in [-0.4, -0.2) is 18.0 Å². The van der Waals surface area contributed by atoms with Crippen molar-refractivity contribution in [2.24, 2.45) is 0 Å². The summed E-state index contributed by atoms with van der Waals surface area (Å²) in [6, 6.07) is 0. The van der Waals surface area contributed by atoms with Gasteiger partial charge in [0.05, 0.1) is 0 Å². The molecule has 1 saturated carbocycles. The standard InChI is InChI=1S/C18H30O2/c1-2-20-18(14-10-6-7-11-15-18)17(19)16-12-8-4-3-5-9-13-16/h12H,2-11,13-15H2,1H3. The van der Waals surface area contributed by atoms with Crippen molar-refractivity contribution in [2.45, 2.75) is 89.6 Å². The fourth-order valence-corrected chi connectivity index (χ4v) is 3.70. The highest BCUT2D eigenvalue weighted by Crippen LogP contribution is 2.35. The molecule has 0 aromatic rings. The van der Waals surface area contributed by atoms with Gasteiger partial charge in [-0.25, -0.2) is 0 Å². The number of ketones is 1. The summed E-state index contributed by atoms with van der Waals surface area (Å²) in [5.74, 6) is 0.322. The Labute approximate surface area is 124 Å². The monoisotopic (exact) mass is 278 g/mol. The van der Waals surface area contributed by atoms with Crippen molar-refractivity contribution in [3.63, 3.8) is 0 Å². The minimum Gasteiger partial charge on any atom is -0.367 e. The normalized spacial score (nSPS) is 24.1. The predicted octanol–water partition coefficient (Wildman–Crippen LogP) is 4.97. The first-order chi connectivity index (χ1) is 9.78. The molecule has 20 heavy (non-hydrogen) atoms. The summed E-state index contributed by atoms with van der Waals surface area (Å²) in [5, 5.41) is 0. The van der Waals surface area contributed by atoms with Gasteiger partial charge >= 0.3 is 0 Å². The van der Waals surface area contributed by atoms with Gasteiger partial charge in [-0.15, -0.1) is 0 Å². The van der Waals surface area contributed by atoms with E-state index in [0.717, 1.165) is 44.1 Å². The molecular formula is C18H30O2. The van der Waals surface area contributed by atoms with Crippen molar-refractivity contribution in [3.8, 4) is 0 Å².